The van der Waals surface area contributed by atoms with Gasteiger partial charge in [0.25, 0.3) is 5.56 Å². The van der Waals surface area contributed by atoms with Crippen molar-refractivity contribution < 1.29 is 0 Å². The molecule has 68 valence electrons. The molecule has 13 heavy (non-hydrogen) atoms. The fourth-order valence-corrected chi connectivity index (χ4v) is 2.38. The number of nitrogens with zero attached hydrogens (tertiary/aromatic N) is 2. The number of nitriles is 1. The zero-order chi connectivity index (χ0) is 9.26. The van der Waals surface area contributed by atoms with E-state index in [1.165, 1.54) is 11.5 Å². The van der Waals surface area contributed by atoms with Crippen LogP contribution in [0.25, 0.3) is 0 Å². The highest BCUT2D eigenvalue weighted by Crippen LogP contribution is 2.25. The third-order valence-electron chi connectivity index (χ3n) is 2.19. The second-order valence-electron chi connectivity index (χ2n) is 3.02. The molecular weight excluding hydrogens is 186 g/mol. The molecule has 0 atom stereocenters. The van der Waals surface area contributed by atoms with Crippen LogP contribution < -0.4 is 10.5 Å². The quantitative estimate of drug-likeness (QED) is 0.724. The predicted octanol–water partition coefficient (Wildman–Crippen LogP) is 0.908. The molecule has 1 aromatic heterocycles. The first kappa shape index (κ1) is 8.32. The van der Waals surface area contributed by atoms with E-state index in [1.54, 1.807) is 0 Å². The fraction of sp³-hybridized carbons (Fsp3) is 0.500. The smallest absolute Gasteiger partial charge is 0.278 e. The maximum atomic E-state index is 11.1. The van der Waals surface area contributed by atoms with Gasteiger partial charge in [-0.1, -0.05) is 0 Å². The first-order valence-electron chi connectivity index (χ1n) is 4.19. The first-order chi connectivity index (χ1) is 6.33. The van der Waals surface area contributed by atoms with Crippen LogP contribution in [-0.4, -0.2) is 17.5 Å². The van der Waals surface area contributed by atoms with Gasteiger partial charge in [0, 0.05) is 13.1 Å². The van der Waals surface area contributed by atoms with E-state index in [4.69, 9.17) is 5.26 Å². The lowest BCUT2D eigenvalue weighted by Gasteiger charge is -2.13. The van der Waals surface area contributed by atoms with Crippen molar-refractivity contribution in [2.45, 2.75) is 12.8 Å². The van der Waals surface area contributed by atoms with Crippen LogP contribution in [0.1, 0.15) is 18.4 Å². The second-order valence-corrected chi connectivity index (χ2v) is 3.81. The van der Waals surface area contributed by atoms with E-state index in [2.05, 4.69) is 9.27 Å². The molecule has 2 heterocycles. The van der Waals surface area contributed by atoms with Gasteiger partial charge >= 0.3 is 0 Å². The molecule has 5 heteroatoms. The molecule has 0 bridgehead atoms. The summed E-state index contributed by atoms with van der Waals surface area (Å²) in [4.78, 5) is 13.2. The van der Waals surface area contributed by atoms with Gasteiger partial charge in [-0.15, -0.1) is 0 Å². The predicted molar refractivity (Wildman–Crippen MR) is 51.1 cm³/mol. The zero-order valence-corrected chi connectivity index (χ0v) is 7.86. The van der Waals surface area contributed by atoms with Crippen LogP contribution in [0.2, 0.25) is 0 Å². The molecule has 1 aliphatic heterocycles. The van der Waals surface area contributed by atoms with E-state index in [1.807, 2.05) is 6.07 Å². The number of H-pyrrole nitrogens is 1. The monoisotopic (exact) mass is 195 g/mol. The van der Waals surface area contributed by atoms with Crippen molar-refractivity contribution in [3.8, 4) is 6.07 Å². The lowest BCUT2D eigenvalue weighted by atomic mass is 10.3. The molecule has 0 unspecified atom stereocenters. The minimum absolute atomic E-state index is 0.255. The molecule has 1 aliphatic rings. The van der Waals surface area contributed by atoms with Gasteiger partial charge in [0.1, 0.15) is 11.1 Å². The summed E-state index contributed by atoms with van der Waals surface area (Å²) in [6.45, 7) is 1.92. The molecule has 1 aromatic rings. The highest BCUT2D eigenvalue weighted by Gasteiger charge is 2.19. The standard InChI is InChI=1S/C8H9N3OS/c9-5-6-7(12)10-13-8(6)11-3-1-2-4-11/h1-4H2,(H,10,12). The molecule has 0 amide bonds. The Bertz CT molecular complexity index is 394. The summed E-state index contributed by atoms with van der Waals surface area (Å²) in [5, 5.41) is 9.57. The van der Waals surface area contributed by atoms with E-state index in [0.717, 1.165) is 30.9 Å². The summed E-state index contributed by atoms with van der Waals surface area (Å²) in [6.07, 6.45) is 2.30. The van der Waals surface area contributed by atoms with Gasteiger partial charge in [0.15, 0.2) is 5.56 Å². The maximum absolute atomic E-state index is 11.1. The van der Waals surface area contributed by atoms with Crippen LogP contribution in [0.4, 0.5) is 5.00 Å². The van der Waals surface area contributed by atoms with Gasteiger partial charge in [-0.3, -0.25) is 9.17 Å². The number of aromatic nitrogens is 1. The Morgan fingerprint density at radius 3 is 2.77 bits per heavy atom. The fourth-order valence-electron chi connectivity index (χ4n) is 1.54. The molecule has 0 radical (unpaired) electrons. The Morgan fingerprint density at radius 2 is 2.15 bits per heavy atom. The first-order valence-corrected chi connectivity index (χ1v) is 5.01. The third kappa shape index (κ3) is 1.33. The summed E-state index contributed by atoms with van der Waals surface area (Å²) >= 11 is 1.26. The molecule has 0 aliphatic carbocycles. The number of rotatable bonds is 1. The Hall–Kier alpha value is -1.28. The Kier molecular flexibility index (Phi) is 2.07. The Morgan fingerprint density at radius 1 is 1.46 bits per heavy atom. The molecule has 0 saturated carbocycles. The van der Waals surface area contributed by atoms with Gasteiger partial charge in [-0.2, -0.15) is 5.26 Å². The van der Waals surface area contributed by atoms with Crippen LogP contribution in [0.5, 0.6) is 0 Å². The SMILES string of the molecule is N#Cc1c(N2CCCC2)s[nH]c1=O. The summed E-state index contributed by atoms with van der Waals surface area (Å²) in [6, 6.07) is 1.95. The zero-order valence-electron chi connectivity index (χ0n) is 7.04. The van der Waals surface area contributed by atoms with Crippen molar-refractivity contribution in [3.63, 3.8) is 0 Å². The molecule has 1 fully saturated rings. The third-order valence-corrected chi connectivity index (χ3v) is 3.13. The normalized spacial score (nSPS) is 16.1. The van der Waals surface area contributed by atoms with Crippen molar-refractivity contribution in [2.75, 3.05) is 18.0 Å². The van der Waals surface area contributed by atoms with Crippen LogP contribution in [0.15, 0.2) is 4.79 Å². The molecule has 4 nitrogen and oxygen atoms in total. The topological polar surface area (TPSA) is 59.9 Å². The molecule has 0 spiro atoms. The summed E-state index contributed by atoms with van der Waals surface area (Å²) in [7, 11) is 0. The second kappa shape index (κ2) is 3.23. The molecule has 2 rings (SSSR count). The van der Waals surface area contributed by atoms with Crippen molar-refractivity contribution in [2.24, 2.45) is 0 Å². The van der Waals surface area contributed by atoms with Crippen molar-refractivity contribution >= 4 is 16.5 Å². The minimum Gasteiger partial charge on any atom is -0.361 e. The summed E-state index contributed by atoms with van der Waals surface area (Å²) in [5.41, 5.74) is 0.0151. The minimum atomic E-state index is -0.255. The molecule has 0 aromatic carbocycles. The van der Waals surface area contributed by atoms with Gasteiger partial charge < -0.3 is 4.90 Å². The van der Waals surface area contributed by atoms with Gasteiger partial charge in [-0.25, -0.2) is 0 Å². The number of nitrogens with one attached hydrogen (secondary N) is 1. The van der Waals surface area contributed by atoms with E-state index in [-0.39, 0.29) is 11.1 Å². The average Bonchev–Trinajstić information content (AvgIpc) is 2.71. The van der Waals surface area contributed by atoms with E-state index in [0.29, 0.717) is 0 Å². The number of anilines is 1. The number of hydrogen-bond donors (Lipinski definition) is 1. The van der Waals surface area contributed by atoms with Gasteiger partial charge in [-0.05, 0) is 24.4 Å². The van der Waals surface area contributed by atoms with E-state index in [9.17, 15) is 4.79 Å². The lowest BCUT2D eigenvalue weighted by Crippen LogP contribution is -2.18. The van der Waals surface area contributed by atoms with Crippen LogP contribution in [0, 0.1) is 11.3 Å². The lowest BCUT2D eigenvalue weighted by molar-refractivity contribution is 0.949. The number of hydrogen-bond acceptors (Lipinski definition) is 4. The highest BCUT2D eigenvalue weighted by molar-refractivity contribution is 7.10. The van der Waals surface area contributed by atoms with Crippen LogP contribution in [-0.2, 0) is 0 Å². The summed E-state index contributed by atoms with van der Waals surface area (Å²) in [5.74, 6) is 0. The summed E-state index contributed by atoms with van der Waals surface area (Å²) < 4.78 is 2.59. The largest absolute Gasteiger partial charge is 0.361 e. The number of aromatic amines is 1. The molecular formula is C8H9N3OS. The van der Waals surface area contributed by atoms with Crippen LogP contribution in [0.3, 0.4) is 0 Å². The molecule has 1 N–H and O–H groups in total. The Labute approximate surface area is 79.6 Å². The van der Waals surface area contributed by atoms with E-state index >= 15 is 0 Å². The van der Waals surface area contributed by atoms with Crippen LogP contribution >= 0.6 is 11.5 Å². The van der Waals surface area contributed by atoms with Gasteiger partial charge in [0.2, 0.25) is 0 Å². The molecule has 1 saturated heterocycles. The van der Waals surface area contributed by atoms with Crippen molar-refractivity contribution in [1.82, 2.24) is 4.37 Å². The average molecular weight is 195 g/mol. The van der Waals surface area contributed by atoms with E-state index < -0.39 is 0 Å². The van der Waals surface area contributed by atoms with Gasteiger partial charge in [0.05, 0.1) is 0 Å². The Balaban J connectivity index is 2.40. The van der Waals surface area contributed by atoms with Crippen molar-refractivity contribution in [1.29, 1.82) is 5.26 Å². The maximum Gasteiger partial charge on any atom is 0.278 e. The van der Waals surface area contributed by atoms with Crippen molar-refractivity contribution in [3.05, 3.63) is 15.9 Å². The highest BCUT2D eigenvalue weighted by atomic mass is 32.1.